The van der Waals surface area contributed by atoms with Gasteiger partial charge in [-0.25, -0.2) is 9.48 Å². The highest BCUT2D eigenvalue weighted by Crippen LogP contribution is 2.32. The van der Waals surface area contributed by atoms with Crippen LogP contribution >= 0.6 is 0 Å². The van der Waals surface area contributed by atoms with Crippen LogP contribution in [-0.4, -0.2) is 73.1 Å². The van der Waals surface area contributed by atoms with E-state index in [4.69, 9.17) is 28.1 Å². The van der Waals surface area contributed by atoms with Crippen LogP contribution in [0.3, 0.4) is 0 Å². The van der Waals surface area contributed by atoms with Crippen LogP contribution in [0.4, 0.5) is 0 Å². The van der Waals surface area contributed by atoms with E-state index in [1.54, 1.807) is 65.3 Å². The van der Waals surface area contributed by atoms with Crippen LogP contribution in [0.2, 0.25) is 0 Å². The van der Waals surface area contributed by atoms with Crippen LogP contribution in [0.15, 0.2) is 119 Å². The molecule has 0 N–H and O–H groups in total. The SMILES string of the molecule is COC(=O)c1cccc(COc2c(-c3ccc(OCCOCCOCCn4cc(CN(C)Cc5ccccc5)nn4)cc3)oc3ccccc3c2=O)c1. The highest BCUT2D eigenvalue weighted by atomic mass is 16.5. The van der Waals surface area contributed by atoms with Gasteiger partial charge in [0.1, 0.15) is 24.5 Å². The van der Waals surface area contributed by atoms with Crippen molar-refractivity contribution in [2.45, 2.75) is 26.2 Å². The minimum absolute atomic E-state index is 0.0454. The summed E-state index contributed by atoms with van der Waals surface area (Å²) in [5.74, 6) is 0.551. The molecule has 0 unspecified atom stereocenters. The summed E-state index contributed by atoms with van der Waals surface area (Å²) in [6.07, 6.45) is 1.95. The lowest BCUT2D eigenvalue weighted by Gasteiger charge is -2.14. The Hall–Kier alpha value is -5.82. The molecule has 0 radical (unpaired) electrons. The number of benzene rings is 4. The van der Waals surface area contributed by atoms with Crippen LogP contribution in [0.5, 0.6) is 11.5 Å². The molecule has 0 bridgehead atoms. The first kappa shape index (κ1) is 37.0. The lowest BCUT2D eigenvalue weighted by atomic mass is 10.1. The normalized spacial score (nSPS) is 11.2. The van der Waals surface area contributed by atoms with E-state index >= 15 is 0 Å². The fourth-order valence-corrected chi connectivity index (χ4v) is 5.66. The van der Waals surface area contributed by atoms with Crippen molar-refractivity contribution in [3.63, 3.8) is 0 Å². The number of carbonyl (C=O) groups excluding carboxylic acids is 1. The third-order valence-electron chi connectivity index (χ3n) is 8.25. The van der Waals surface area contributed by atoms with Gasteiger partial charge in [-0.1, -0.05) is 59.8 Å². The standard InChI is InChI=1S/C41H42N4O8/c1-44(26-30-9-4-3-5-10-30)27-34-28-45(43-42-34)19-20-49-21-22-50-23-24-51-35-17-15-32(16-18-35)39-40(38(46)36-13-6-7-14-37(36)53-39)52-29-31-11-8-12-33(25-31)41(47)48-2/h3-18,25,28H,19-24,26-27,29H2,1-2H3. The average molecular weight is 719 g/mol. The number of esters is 1. The molecule has 2 heterocycles. The maximum Gasteiger partial charge on any atom is 0.337 e. The molecular formula is C41H42N4O8. The Labute approximate surface area is 307 Å². The molecule has 2 aromatic heterocycles. The van der Waals surface area contributed by atoms with Crippen LogP contribution in [0, 0.1) is 0 Å². The molecule has 0 atom stereocenters. The van der Waals surface area contributed by atoms with E-state index in [0.29, 0.717) is 85.3 Å². The van der Waals surface area contributed by atoms with Crippen molar-refractivity contribution in [1.82, 2.24) is 19.9 Å². The first-order chi connectivity index (χ1) is 26.0. The Morgan fingerprint density at radius 2 is 1.53 bits per heavy atom. The van der Waals surface area contributed by atoms with Crippen molar-refractivity contribution in [2.75, 3.05) is 47.2 Å². The molecule has 0 saturated heterocycles. The van der Waals surface area contributed by atoms with Crippen molar-refractivity contribution in [3.8, 4) is 22.8 Å². The van der Waals surface area contributed by atoms with Gasteiger partial charge in [0.2, 0.25) is 11.2 Å². The topological polar surface area (TPSA) is 127 Å². The number of methoxy groups -OCH3 is 1. The van der Waals surface area contributed by atoms with Gasteiger partial charge in [0.15, 0.2) is 5.76 Å². The number of nitrogens with zero attached hydrogens (tertiary/aromatic N) is 4. The third-order valence-corrected chi connectivity index (χ3v) is 8.25. The summed E-state index contributed by atoms with van der Waals surface area (Å²) < 4.78 is 36.1. The summed E-state index contributed by atoms with van der Waals surface area (Å²) in [4.78, 5) is 27.7. The summed E-state index contributed by atoms with van der Waals surface area (Å²) in [6.45, 7) is 4.34. The van der Waals surface area contributed by atoms with Gasteiger partial charge in [0.05, 0.1) is 56.7 Å². The van der Waals surface area contributed by atoms with E-state index in [9.17, 15) is 9.59 Å². The van der Waals surface area contributed by atoms with E-state index in [-0.39, 0.29) is 17.8 Å². The van der Waals surface area contributed by atoms with Gasteiger partial charge in [0, 0.05) is 24.8 Å². The lowest BCUT2D eigenvalue weighted by Crippen LogP contribution is -2.17. The van der Waals surface area contributed by atoms with Crippen LogP contribution in [0.25, 0.3) is 22.3 Å². The highest BCUT2D eigenvalue weighted by molar-refractivity contribution is 5.89. The van der Waals surface area contributed by atoms with Gasteiger partial charge < -0.3 is 28.1 Å². The van der Waals surface area contributed by atoms with Gasteiger partial charge in [0.25, 0.3) is 0 Å². The van der Waals surface area contributed by atoms with Gasteiger partial charge in [-0.05, 0) is 66.7 Å². The zero-order chi connectivity index (χ0) is 36.8. The van der Waals surface area contributed by atoms with Crippen molar-refractivity contribution in [3.05, 3.63) is 142 Å². The largest absolute Gasteiger partial charge is 0.491 e. The molecular weight excluding hydrogens is 676 g/mol. The highest BCUT2D eigenvalue weighted by Gasteiger charge is 2.18. The number of fused-ring (bicyclic) bond motifs is 1. The molecule has 6 rings (SSSR count). The summed E-state index contributed by atoms with van der Waals surface area (Å²) in [5, 5.41) is 8.89. The van der Waals surface area contributed by atoms with E-state index in [1.807, 2.05) is 36.5 Å². The summed E-state index contributed by atoms with van der Waals surface area (Å²) in [5.41, 5.74) is 4.05. The second kappa shape index (κ2) is 18.6. The van der Waals surface area contributed by atoms with E-state index in [1.165, 1.54) is 12.7 Å². The van der Waals surface area contributed by atoms with E-state index < -0.39 is 5.97 Å². The zero-order valence-electron chi connectivity index (χ0n) is 29.8. The summed E-state index contributed by atoms with van der Waals surface area (Å²) in [6, 6.07) is 31.4. The fourth-order valence-electron chi connectivity index (χ4n) is 5.66. The van der Waals surface area contributed by atoms with Crippen molar-refractivity contribution in [2.24, 2.45) is 0 Å². The Morgan fingerprint density at radius 1 is 0.792 bits per heavy atom. The van der Waals surface area contributed by atoms with Crippen LogP contribution in [-0.2, 0) is 40.5 Å². The molecule has 0 amide bonds. The van der Waals surface area contributed by atoms with Gasteiger partial charge >= 0.3 is 5.97 Å². The Balaban J connectivity index is 0.931. The number of ether oxygens (including phenoxy) is 5. The molecule has 12 heteroatoms. The Bertz CT molecular complexity index is 2130. The van der Waals surface area contributed by atoms with Crippen LogP contribution < -0.4 is 14.9 Å². The second-order valence-electron chi connectivity index (χ2n) is 12.3. The van der Waals surface area contributed by atoms with Gasteiger partial charge in [-0.2, -0.15) is 0 Å². The molecule has 0 aliphatic heterocycles. The lowest BCUT2D eigenvalue weighted by molar-refractivity contribution is 0.0333. The molecule has 0 saturated carbocycles. The first-order valence-electron chi connectivity index (χ1n) is 17.3. The maximum absolute atomic E-state index is 13.5. The molecule has 0 aliphatic carbocycles. The quantitative estimate of drug-likeness (QED) is 0.0706. The molecule has 53 heavy (non-hydrogen) atoms. The number of rotatable bonds is 19. The fraction of sp³-hybridized carbons (Fsp3) is 0.268. The molecule has 274 valence electrons. The summed E-state index contributed by atoms with van der Waals surface area (Å²) in [7, 11) is 3.39. The van der Waals surface area contributed by atoms with Crippen LogP contribution in [0.1, 0.15) is 27.2 Å². The van der Waals surface area contributed by atoms with E-state index in [0.717, 1.165) is 12.2 Å². The average Bonchev–Trinajstić information content (AvgIpc) is 3.63. The monoisotopic (exact) mass is 718 g/mol. The predicted octanol–water partition coefficient (Wildman–Crippen LogP) is 6.16. The van der Waals surface area contributed by atoms with Crippen molar-refractivity contribution in [1.29, 1.82) is 0 Å². The second-order valence-corrected chi connectivity index (χ2v) is 12.3. The van der Waals surface area contributed by atoms with Gasteiger partial charge in [-0.15, -0.1) is 5.10 Å². The minimum atomic E-state index is -0.454. The van der Waals surface area contributed by atoms with Gasteiger partial charge in [-0.3, -0.25) is 9.69 Å². The predicted molar refractivity (Wildman–Crippen MR) is 199 cm³/mol. The first-order valence-corrected chi connectivity index (χ1v) is 17.3. The molecule has 6 aromatic rings. The Morgan fingerprint density at radius 3 is 2.34 bits per heavy atom. The molecule has 0 spiro atoms. The zero-order valence-corrected chi connectivity index (χ0v) is 29.8. The maximum atomic E-state index is 13.5. The number of hydrogen-bond donors (Lipinski definition) is 0. The molecule has 4 aromatic carbocycles. The molecule has 0 fully saturated rings. The van der Waals surface area contributed by atoms with Crippen molar-refractivity contribution < 1.29 is 32.9 Å². The minimum Gasteiger partial charge on any atom is -0.491 e. The molecule has 12 nitrogen and oxygen atoms in total. The number of hydrogen-bond acceptors (Lipinski definition) is 11. The van der Waals surface area contributed by atoms with E-state index in [2.05, 4.69) is 34.4 Å². The molecule has 0 aliphatic rings. The number of aromatic nitrogens is 3. The van der Waals surface area contributed by atoms with Crippen molar-refractivity contribution >= 4 is 16.9 Å². The number of carbonyl (C=O) groups is 1. The number of para-hydroxylation sites is 1. The smallest absolute Gasteiger partial charge is 0.337 e. The summed E-state index contributed by atoms with van der Waals surface area (Å²) >= 11 is 0. The Kier molecular flexibility index (Phi) is 13.0. The third kappa shape index (κ3) is 10.4.